The number of rotatable bonds is 6. The van der Waals surface area contributed by atoms with E-state index in [0.717, 1.165) is 25.1 Å². The van der Waals surface area contributed by atoms with E-state index < -0.39 is 0 Å². The molecule has 1 aromatic rings. The van der Waals surface area contributed by atoms with E-state index in [1.165, 1.54) is 0 Å². The van der Waals surface area contributed by atoms with E-state index in [4.69, 9.17) is 33.7 Å². The molecule has 0 spiro atoms. The van der Waals surface area contributed by atoms with Gasteiger partial charge in [-0.05, 0) is 24.6 Å². The van der Waals surface area contributed by atoms with Crippen molar-refractivity contribution in [3.63, 3.8) is 0 Å². The fraction of sp³-hybridized carbons (Fsp3) is 0.455. The third-order valence-electron chi connectivity index (χ3n) is 2.21. The zero-order valence-corrected chi connectivity index (χ0v) is 10.7. The predicted octanol–water partition coefficient (Wildman–Crippen LogP) is 2.09. The summed E-state index contributed by atoms with van der Waals surface area (Å²) in [6.07, 6.45) is 0.822. The molecule has 0 fully saturated rings. The Morgan fingerprint density at radius 1 is 1.25 bits per heavy atom. The summed E-state index contributed by atoms with van der Waals surface area (Å²) < 4.78 is 5.08. The van der Waals surface area contributed by atoms with Crippen LogP contribution in [-0.4, -0.2) is 26.7 Å². The molecule has 5 heteroatoms. The molecule has 1 aromatic carbocycles. The minimum atomic E-state index is 0.584. The van der Waals surface area contributed by atoms with Crippen LogP contribution in [0.5, 0.6) is 5.75 Å². The smallest absolute Gasteiger partial charge is 0.138 e. The van der Waals surface area contributed by atoms with Crippen molar-refractivity contribution in [2.75, 3.05) is 26.7 Å². The number of hydrogen-bond donors (Lipinski definition) is 2. The maximum Gasteiger partial charge on any atom is 0.138 e. The Kier molecular flexibility index (Phi) is 5.91. The fourth-order valence-electron chi connectivity index (χ4n) is 1.37. The lowest BCUT2D eigenvalue weighted by molar-refractivity contribution is 0.415. The van der Waals surface area contributed by atoms with Gasteiger partial charge >= 0.3 is 0 Å². The molecular formula is C11H16Cl2N2O. The van der Waals surface area contributed by atoms with Gasteiger partial charge in [0, 0.05) is 24.2 Å². The summed E-state index contributed by atoms with van der Waals surface area (Å²) in [5.41, 5.74) is 6.38. The Labute approximate surface area is 106 Å². The number of hydrogen-bond acceptors (Lipinski definition) is 3. The average Bonchev–Trinajstić information content (AvgIpc) is 2.28. The molecule has 0 bridgehead atoms. The fourth-order valence-corrected chi connectivity index (χ4v) is 1.88. The number of nitrogens with two attached hydrogens (primary N) is 1. The Morgan fingerprint density at radius 3 is 2.62 bits per heavy atom. The van der Waals surface area contributed by atoms with E-state index in [9.17, 15) is 0 Å². The Hall–Kier alpha value is -0.480. The molecule has 0 amide bonds. The van der Waals surface area contributed by atoms with Crippen LogP contribution in [0, 0.1) is 0 Å². The molecule has 0 heterocycles. The van der Waals surface area contributed by atoms with Crippen molar-refractivity contribution in [2.45, 2.75) is 6.42 Å². The minimum absolute atomic E-state index is 0.584. The lowest BCUT2D eigenvalue weighted by Crippen LogP contribution is -2.24. The monoisotopic (exact) mass is 262 g/mol. The van der Waals surface area contributed by atoms with Crippen molar-refractivity contribution < 1.29 is 4.74 Å². The number of benzene rings is 1. The Bertz CT molecular complexity index is 345. The summed E-state index contributed by atoms with van der Waals surface area (Å²) in [5.74, 6) is 0.602. The average molecular weight is 263 g/mol. The summed E-state index contributed by atoms with van der Waals surface area (Å²) in [4.78, 5) is 0. The largest absolute Gasteiger partial charge is 0.495 e. The summed E-state index contributed by atoms with van der Waals surface area (Å²) in [5, 5.41) is 4.46. The van der Waals surface area contributed by atoms with Crippen LogP contribution < -0.4 is 15.8 Å². The Balaban J connectivity index is 2.63. The third-order valence-corrected chi connectivity index (χ3v) is 2.86. The number of nitrogens with one attached hydrogen (secondary N) is 1. The van der Waals surface area contributed by atoms with Crippen LogP contribution in [0.4, 0.5) is 0 Å². The highest BCUT2D eigenvalue weighted by atomic mass is 35.5. The quantitative estimate of drug-likeness (QED) is 0.772. The van der Waals surface area contributed by atoms with Gasteiger partial charge in [-0.25, -0.2) is 0 Å². The molecule has 90 valence electrons. The van der Waals surface area contributed by atoms with Crippen molar-refractivity contribution in [3.8, 4) is 5.75 Å². The van der Waals surface area contributed by atoms with Crippen LogP contribution in [0.2, 0.25) is 10.0 Å². The second kappa shape index (κ2) is 6.97. The van der Waals surface area contributed by atoms with Crippen LogP contribution >= 0.6 is 23.2 Å². The molecule has 0 radical (unpaired) electrons. The van der Waals surface area contributed by atoms with Gasteiger partial charge < -0.3 is 15.8 Å². The first kappa shape index (κ1) is 13.6. The molecule has 0 aliphatic heterocycles. The second-order valence-corrected chi connectivity index (χ2v) is 4.18. The van der Waals surface area contributed by atoms with E-state index in [2.05, 4.69) is 5.32 Å². The van der Waals surface area contributed by atoms with Gasteiger partial charge in [0.05, 0.1) is 12.1 Å². The molecule has 0 saturated heterocycles. The molecule has 0 aliphatic rings. The van der Waals surface area contributed by atoms with Crippen molar-refractivity contribution in [3.05, 3.63) is 27.7 Å². The lowest BCUT2D eigenvalue weighted by Gasteiger charge is -2.09. The van der Waals surface area contributed by atoms with Crippen LogP contribution in [0.1, 0.15) is 5.56 Å². The summed E-state index contributed by atoms with van der Waals surface area (Å²) in [6.45, 7) is 2.28. The zero-order valence-electron chi connectivity index (χ0n) is 9.22. The Morgan fingerprint density at radius 2 is 2.00 bits per heavy atom. The molecular weight excluding hydrogens is 247 g/mol. The topological polar surface area (TPSA) is 47.3 Å². The van der Waals surface area contributed by atoms with Crippen molar-refractivity contribution >= 4 is 23.2 Å². The van der Waals surface area contributed by atoms with Gasteiger partial charge in [-0.3, -0.25) is 0 Å². The third kappa shape index (κ3) is 3.83. The number of halogens is 2. The van der Waals surface area contributed by atoms with Crippen LogP contribution in [-0.2, 0) is 6.42 Å². The molecule has 0 aliphatic carbocycles. The van der Waals surface area contributed by atoms with E-state index in [1.807, 2.05) is 6.07 Å². The van der Waals surface area contributed by atoms with E-state index in [1.54, 1.807) is 13.2 Å². The van der Waals surface area contributed by atoms with Crippen LogP contribution in [0.3, 0.4) is 0 Å². The van der Waals surface area contributed by atoms with Crippen LogP contribution in [0.15, 0.2) is 12.1 Å². The second-order valence-electron chi connectivity index (χ2n) is 3.37. The molecule has 3 N–H and O–H groups in total. The first-order valence-electron chi connectivity index (χ1n) is 5.11. The molecule has 16 heavy (non-hydrogen) atoms. The maximum atomic E-state index is 6.10. The van der Waals surface area contributed by atoms with Gasteiger partial charge in [0.1, 0.15) is 5.75 Å². The highest BCUT2D eigenvalue weighted by Crippen LogP contribution is 2.30. The van der Waals surface area contributed by atoms with Crippen LogP contribution in [0.25, 0.3) is 0 Å². The van der Waals surface area contributed by atoms with Crippen molar-refractivity contribution in [2.24, 2.45) is 5.73 Å². The molecule has 1 rings (SSSR count). The van der Waals surface area contributed by atoms with Crippen molar-refractivity contribution in [1.82, 2.24) is 5.32 Å². The van der Waals surface area contributed by atoms with E-state index in [-0.39, 0.29) is 0 Å². The van der Waals surface area contributed by atoms with Crippen molar-refractivity contribution in [1.29, 1.82) is 0 Å². The van der Waals surface area contributed by atoms with E-state index >= 15 is 0 Å². The SMILES string of the molecule is COc1cc(Cl)c(CCNCCN)cc1Cl. The van der Waals surface area contributed by atoms with Gasteiger partial charge in [0.25, 0.3) is 0 Å². The highest BCUT2D eigenvalue weighted by Gasteiger charge is 2.07. The molecule has 0 aromatic heterocycles. The van der Waals surface area contributed by atoms with Gasteiger partial charge in [0.15, 0.2) is 0 Å². The van der Waals surface area contributed by atoms with Gasteiger partial charge in [-0.2, -0.15) is 0 Å². The van der Waals surface area contributed by atoms with Gasteiger partial charge in [0.2, 0.25) is 0 Å². The number of methoxy groups -OCH3 is 1. The minimum Gasteiger partial charge on any atom is -0.495 e. The van der Waals surface area contributed by atoms with Gasteiger partial charge in [-0.1, -0.05) is 23.2 Å². The molecule has 0 unspecified atom stereocenters. The first-order valence-corrected chi connectivity index (χ1v) is 5.87. The number of ether oxygens (including phenoxy) is 1. The molecule has 0 atom stereocenters. The summed E-state index contributed by atoms with van der Waals surface area (Å²) in [6, 6.07) is 3.58. The highest BCUT2D eigenvalue weighted by molar-refractivity contribution is 6.34. The van der Waals surface area contributed by atoms with Gasteiger partial charge in [-0.15, -0.1) is 0 Å². The first-order chi connectivity index (χ1) is 7.69. The standard InChI is InChI=1S/C11H16Cl2N2O/c1-16-11-7-9(12)8(6-10(11)13)2-4-15-5-3-14/h6-7,15H,2-5,14H2,1H3. The predicted molar refractivity (Wildman–Crippen MR) is 68.6 cm³/mol. The zero-order chi connectivity index (χ0) is 12.0. The maximum absolute atomic E-state index is 6.10. The summed E-state index contributed by atoms with van der Waals surface area (Å²) >= 11 is 12.1. The van der Waals surface area contributed by atoms with E-state index in [0.29, 0.717) is 22.3 Å². The molecule has 3 nitrogen and oxygen atoms in total. The summed E-state index contributed by atoms with van der Waals surface area (Å²) in [7, 11) is 1.57. The molecule has 0 saturated carbocycles. The normalized spacial score (nSPS) is 10.5. The lowest BCUT2D eigenvalue weighted by atomic mass is 10.1.